The summed E-state index contributed by atoms with van der Waals surface area (Å²) in [5, 5.41) is 0.284. The van der Waals surface area contributed by atoms with Crippen molar-refractivity contribution in [1.82, 2.24) is 4.31 Å². The molecule has 1 unspecified atom stereocenters. The minimum Gasteiger partial charge on any atom is -0.432 e. The van der Waals surface area contributed by atoms with Gasteiger partial charge in [0.05, 0.1) is 16.2 Å². The minimum absolute atomic E-state index is 0.0376. The van der Waals surface area contributed by atoms with E-state index in [9.17, 15) is 9.59 Å². The molecule has 1 atom stereocenters. The Morgan fingerprint density at radius 1 is 0.674 bits per heavy atom. The molecule has 2 aliphatic rings. The molecule has 2 aliphatic heterocycles. The van der Waals surface area contributed by atoms with E-state index in [1.807, 2.05) is 79.7 Å². The summed E-state index contributed by atoms with van der Waals surface area (Å²) in [5.41, 5.74) is 3.99. The molecule has 226 valence electrons. The number of hydrogen-bond acceptors (Lipinski definition) is 6. The number of benzene rings is 5. The Labute approximate surface area is 271 Å². The molecule has 1 saturated heterocycles. The van der Waals surface area contributed by atoms with Crippen molar-refractivity contribution in [2.45, 2.75) is 16.8 Å². The van der Waals surface area contributed by atoms with Gasteiger partial charge in [0.25, 0.3) is 15.8 Å². The normalized spacial score (nSPS) is 17.9. The largest absolute Gasteiger partial charge is 0.432 e. The molecule has 46 heavy (non-hydrogen) atoms. The summed E-state index contributed by atoms with van der Waals surface area (Å²) < 4.78 is 37.5. The van der Waals surface area contributed by atoms with Crippen molar-refractivity contribution in [3.05, 3.63) is 184 Å². The molecule has 5 aromatic carbocycles. The van der Waals surface area contributed by atoms with Crippen LogP contribution in [-0.4, -0.2) is 24.5 Å². The van der Waals surface area contributed by atoms with Gasteiger partial charge in [-0.15, -0.1) is 0 Å². The van der Waals surface area contributed by atoms with Crippen LogP contribution in [0.25, 0.3) is 11.3 Å². The number of sulfonamides is 1. The molecule has 0 saturated carbocycles. The number of ether oxygens (including phenoxy) is 1. The van der Waals surface area contributed by atoms with Crippen molar-refractivity contribution in [3.63, 3.8) is 0 Å². The topological polar surface area (TPSA) is 80.8 Å². The Morgan fingerprint density at radius 3 is 1.72 bits per heavy atom. The SMILES string of the molecule is Cc1ccc(S(=O)(=O)N2C(=C(c3ccccc3)c3ccccc3)SC3(c4ccccc4)OC(=O)C(=O)C3=C2c2ccccc2)cc1. The Hall–Kier alpha value is -5.18. The number of fused-ring (bicyclic) bond motifs is 1. The van der Waals surface area contributed by atoms with Gasteiger partial charge < -0.3 is 4.74 Å². The first-order chi connectivity index (χ1) is 22.3. The van der Waals surface area contributed by atoms with Crippen LogP contribution in [0.15, 0.2) is 161 Å². The molecule has 0 N–H and O–H groups in total. The molecule has 0 bridgehead atoms. The first-order valence-corrected chi connectivity index (χ1v) is 16.9. The van der Waals surface area contributed by atoms with Gasteiger partial charge in [0, 0.05) is 11.1 Å². The third-order valence-corrected chi connectivity index (χ3v) is 11.2. The predicted molar refractivity (Wildman–Crippen MR) is 179 cm³/mol. The molecular formula is C38H27NO5S2. The maximum atomic E-state index is 15.1. The number of Topliss-reactive ketones (excluding diaryl/α,β-unsaturated/α-hetero) is 1. The van der Waals surface area contributed by atoms with Crippen LogP contribution in [0.1, 0.15) is 27.8 Å². The fourth-order valence-electron chi connectivity index (χ4n) is 5.79. The Morgan fingerprint density at radius 2 is 1.17 bits per heavy atom. The number of nitrogens with zero attached hydrogens (tertiary/aromatic N) is 1. The van der Waals surface area contributed by atoms with Gasteiger partial charge in [0.15, 0.2) is 0 Å². The molecule has 0 radical (unpaired) electrons. The first-order valence-electron chi connectivity index (χ1n) is 14.6. The van der Waals surface area contributed by atoms with Gasteiger partial charge >= 0.3 is 5.97 Å². The fourth-order valence-corrected chi connectivity index (χ4v) is 9.08. The van der Waals surface area contributed by atoms with Crippen LogP contribution < -0.4 is 0 Å². The lowest BCUT2D eigenvalue weighted by molar-refractivity contribution is -0.150. The van der Waals surface area contributed by atoms with Crippen LogP contribution in [0, 0.1) is 6.92 Å². The summed E-state index contributed by atoms with van der Waals surface area (Å²) in [6, 6.07) is 43.4. The van der Waals surface area contributed by atoms with E-state index in [0.29, 0.717) is 16.7 Å². The Kier molecular flexibility index (Phi) is 7.47. The van der Waals surface area contributed by atoms with Gasteiger partial charge in [0.2, 0.25) is 4.93 Å². The van der Waals surface area contributed by atoms with E-state index in [1.165, 1.54) is 4.31 Å². The lowest BCUT2D eigenvalue weighted by atomic mass is 9.93. The standard InChI is InChI=1S/C38H27NO5S2/c1-26-22-24-31(25-23-26)46(42,43)39-34(29-18-10-4-11-19-29)33-35(40)37(41)44-38(33,30-20-12-5-13-21-30)45-36(39)32(27-14-6-2-7-15-27)28-16-8-3-9-17-28/h2-25H,1H3. The Balaban J connectivity index is 1.69. The zero-order valence-electron chi connectivity index (χ0n) is 24.7. The maximum absolute atomic E-state index is 15.1. The van der Waals surface area contributed by atoms with Gasteiger partial charge in [-0.25, -0.2) is 17.5 Å². The molecule has 0 amide bonds. The number of carbonyl (C=O) groups is 2. The highest BCUT2D eigenvalue weighted by atomic mass is 32.2. The minimum atomic E-state index is -4.40. The van der Waals surface area contributed by atoms with Gasteiger partial charge in [-0.3, -0.25) is 4.79 Å². The highest BCUT2D eigenvalue weighted by Crippen LogP contribution is 2.61. The van der Waals surface area contributed by atoms with Crippen LogP contribution in [0.5, 0.6) is 0 Å². The summed E-state index contributed by atoms with van der Waals surface area (Å²) in [5.74, 6) is -1.94. The second-order valence-electron chi connectivity index (χ2n) is 10.9. The van der Waals surface area contributed by atoms with Crippen molar-refractivity contribution < 1.29 is 22.7 Å². The van der Waals surface area contributed by atoms with E-state index in [1.54, 1.807) is 72.8 Å². The molecule has 2 heterocycles. The van der Waals surface area contributed by atoms with Crippen molar-refractivity contribution in [1.29, 1.82) is 0 Å². The van der Waals surface area contributed by atoms with Crippen LogP contribution in [0.3, 0.4) is 0 Å². The quantitative estimate of drug-likeness (QED) is 0.141. The summed E-state index contributed by atoms with van der Waals surface area (Å²) >= 11 is 1.04. The van der Waals surface area contributed by atoms with Crippen molar-refractivity contribution >= 4 is 44.8 Å². The molecule has 1 fully saturated rings. The van der Waals surface area contributed by atoms with Crippen molar-refractivity contribution in [2.24, 2.45) is 0 Å². The smallest absolute Gasteiger partial charge is 0.381 e. The monoisotopic (exact) mass is 641 g/mol. The lowest BCUT2D eigenvalue weighted by Gasteiger charge is -2.42. The molecule has 5 aromatic rings. The van der Waals surface area contributed by atoms with Gasteiger partial charge in [-0.05, 0) is 47.5 Å². The number of ketones is 1. The van der Waals surface area contributed by atoms with Crippen molar-refractivity contribution in [3.8, 4) is 0 Å². The van der Waals surface area contributed by atoms with Crippen LogP contribution in [0.4, 0.5) is 0 Å². The second-order valence-corrected chi connectivity index (χ2v) is 13.8. The molecule has 7 rings (SSSR count). The Bertz CT molecular complexity index is 2090. The highest BCUT2D eigenvalue weighted by Gasteiger charge is 2.61. The van der Waals surface area contributed by atoms with Crippen LogP contribution >= 0.6 is 11.8 Å². The third kappa shape index (κ3) is 4.87. The van der Waals surface area contributed by atoms with Gasteiger partial charge in [0.1, 0.15) is 5.03 Å². The number of rotatable bonds is 6. The van der Waals surface area contributed by atoms with Gasteiger partial charge in [-0.1, -0.05) is 139 Å². The summed E-state index contributed by atoms with van der Waals surface area (Å²) in [7, 11) is -4.40. The van der Waals surface area contributed by atoms with E-state index in [-0.39, 0.29) is 21.2 Å². The number of hydrogen-bond donors (Lipinski definition) is 0. The zero-order valence-corrected chi connectivity index (χ0v) is 26.3. The maximum Gasteiger partial charge on any atom is 0.381 e. The summed E-state index contributed by atoms with van der Waals surface area (Å²) in [4.78, 5) is 25.7. The number of aryl methyl sites for hydroxylation is 1. The average molecular weight is 642 g/mol. The molecular weight excluding hydrogens is 615 g/mol. The van der Waals surface area contributed by atoms with E-state index in [0.717, 1.165) is 28.5 Å². The predicted octanol–water partition coefficient (Wildman–Crippen LogP) is 7.54. The molecule has 8 heteroatoms. The van der Waals surface area contributed by atoms with E-state index in [4.69, 9.17) is 4.74 Å². The number of thioether (sulfide) groups is 1. The second kappa shape index (κ2) is 11.6. The number of carbonyl (C=O) groups excluding carboxylic acids is 2. The zero-order chi connectivity index (χ0) is 31.9. The third-order valence-electron chi connectivity index (χ3n) is 7.94. The molecule has 0 aromatic heterocycles. The lowest BCUT2D eigenvalue weighted by Crippen LogP contribution is -2.39. The highest BCUT2D eigenvalue weighted by molar-refractivity contribution is 8.05. The molecule has 0 aliphatic carbocycles. The summed E-state index contributed by atoms with van der Waals surface area (Å²) in [6.45, 7) is 1.88. The van der Waals surface area contributed by atoms with E-state index >= 15 is 8.42 Å². The number of esters is 1. The van der Waals surface area contributed by atoms with Crippen LogP contribution in [0.2, 0.25) is 0 Å². The van der Waals surface area contributed by atoms with E-state index in [2.05, 4.69) is 0 Å². The van der Waals surface area contributed by atoms with Crippen LogP contribution in [-0.2, 0) is 29.3 Å². The molecule has 0 spiro atoms. The van der Waals surface area contributed by atoms with Gasteiger partial charge in [-0.2, -0.15) is 0 Å². The van der Waals surface area contributed by atoms with Crippen molar-refractivity contribution in [2.75, 3.05) is 0 Å². The fraction of sp³-hybridized carbons (Fsp3) is 0.0526. The van der Waals surface area contributed by atoms with E-state index < -0.39 is 26.7 Å². The average Bonchev–Trinajstić information content (AvgIpc) is 3.36. The molecule has 6 nitrogen and oxygen atoms in total. The first kappa shape index (κ1) is 29.5. The summed E-state index contributed by atoms with van der Waals surface area (Å²) in [6.07, 6.45) is 0.